The molecule has 31 heavy (non-hydrogen) atoms. The number of hydrogen-bond donors (Lipinski definition) is 2. The zero-order valence-corrected chi connectivity index (χ0v) is 18.1. The summed E-state index contributed by atoms with van der Waals surface area (Å²) >= 11 is 12.1. The number of nitrogens with one attached hydrogen (secondary N) is 1. The summed E-state index contributed by atoms with van der Waals surface area (Å²) < 4.78 is 38.7. The van der Waals surface area contributed by atoms with Gasteiger partial charge in [-0.3, -0.25) is 14.5 Å². The van der Waals surface area contributed by atoms with E-state index in [-0.39, 0.29) is 20.7 Å². The molecule has 0 bridgehead atoms. The topological polar surface area (TPSA) is 69.6 Å². The van der Waals surface area contributed by atoms with Gasteiger partial charge in [0.1, 0.15) is 16.1 Å². The van der Waals surface area contributed by atoms with Crippen molar-refractivity contribution in [3.05, 3.63) is 63.5 Å². The molecule has 3 rings (SSSR count). The Morgan fingerprint density at radius 3 is 2.68 bits per heavy atom. The van der Waals surface area contributed by atoms with Gasteiger partial charge in [-0.25, -0.2) is 0 Å². The van der Waals surface area contributed by atoms with Crippen molar-refractivity contribution < 1.29 is 27.9 Å². The second-order valence-electron chi connectivity index (χ2n) is 6.50. The van der Waals surface area contributed by atoms with Crippen molar-refractivity contribution in [2.75, 3.05) is 5.32 Å². The number of carbonyl (C=O) groups is 2. The zero-order chi connectivity index (χ0) is 22.9. The number of aromatic hydroxyl groups is 1. The van der Waals surface area contributed by atoms with Gasteiger partial charge in [0.25, 0.3) is 5.91 Å². The second kappa shape index (κ2) is 8.89. The maximum atomic E-state index is 12.9. The molecule has 1 atom stereocenters. The fourth-order valence-electron chi connectivity index (χ4n) is 2.73. The molecule has 0 aromatic heterocycles. The number of anilines is 1. The lowest BCUT2D eigenvalue weighted by Crippen LogP contribution is -2.44. The van der Waals surface area contributed by atoms with E-state index in [0.29, 0.717) is 10.6 Å². The van der Waals surface area contributed by atoms with Crippen LogP contribution in [0.2, 0.25) is 5.02 Å². The molecule has 0 aliphatic carbocycles. The number of phenolic OH excluding ortho intramolecular Hbond substituents is 1. The van der Waals surface area contributed by atoms with Crippen LogP contribution in [0.4, 0.5) is 18.9 Å². The van der Waals surface area contributed by atoms with Gasteiger partial charge in [0.2, 0.25) is 5.91 Å². The highest BCUT2D eigenvalue weighted by Gasteiger charge is 2.38. The van der Waals surface area contributed by atoms with Crippen molar-refractivity contribution in [1.82, 2.24) is 4.90 Å². The van der Waals surface area contributed by atoms with Gasteiger partial charge in [-0.15, -0.1) is 0 Å². The van der Waals surface area contributed by atoms with Crippen LogP contribution < -0.4 is 5.32 Å². The summed E-state index contributed by atoms with van der Waals surface area (Å²) in [6, 6.07) is 7.41. The summed E-state index contributed by atoms with van der Waals surface area (Å²) in [7, 11) is 0. The van der Waals surface area contributed by atoms with Crippen LogP contribution in [-0.2, 0) is 15.8 Å². The lowest BCUT2D eigenvalue weighted by Gasteiger charge is -2.22. The fraction of sp³-hybridized carbons (Fsp3) is 0.150. The van der Waals surface area contributed by atoms with Gasteiger partial charge in [-0.1, -0.05) is 41.6 Å². The normalized spacial score (nSPS) is 16.7. The van der Waals surface area contributed by atoms with Gasteiger partial charge >= 0.3 is 6.18 Å². The first-order chi connectivity index (χ1) is 14.5. The van der Waals surface area contributed by atoms with Crippen LogP contribution in [0.3, 0.4) is 0 Å². The third-order valence-corrected chi connectivity index (χ3v) is 5.89. The third-order valence-electron chi connectivity index (χ3n) is 4.32. The fourth-order valence-corrected chi connectivity index (χ4v) is 4.32. The average Bonchev–Trinajstić information content (AvgIpc) is 2.97. The Hall–Kier alpha value is -2.56. The van der Waals surface area contributed by atoms with E-state index in [0.717, 1.165) is 28.8 Å². The number of thiocarbonyl (C=S) groups is 1. The molecule has 0 radical (unpaired) electrons. The predicted molar refractivity (Wildman–Crippen MR) is 118 cm³/mol. The largest absolute Gasteiger partial charge is 0.507 e. The summed E-state index contributed by atoms with van der Waals surface area (Å²) in [6.07, 6.45) is -3.15. The molecule has 2 N–H and O–H groups in total. The molecule has 0 saturated carbocycles. The lowest BCUT2D eigenvalue weighted by atomic mass is 10.1. The van der Waals surface area contributed by atoms with Crippen LogP contribution >= 0.6 is 35.6 Å². The van der Waals surface area contributed by atoms with Crippen LogP contribution in [0.15, 0.2) is 47.4 Å². The first-order valence-electron chi connectivity index (χ1n) is 8.71. The Kier molecular flexibility index (Phi) is 6.63. The van der Waals surface area contributed by atoms with Crippen LogP contribution in [0.5, 0.6) is 5.75 Å². The van der Waals surface area contributed by atoms with Crippen molar-refractivity contribution in [3.8, 4) is 5.75 Å². The van der Waals surface area contributed by atoms with Gasteiger partial charge in [-0.2, -0.15) is 13.2 Å². The quantitative estimate of drug-likeness (QED) is 0.454. The highest BCUT2D eigenvalue weighted by Crippen LogP contribution is 2.36. The average molecular weight is 487 g/mol. The van der Waals surface area contributed by atoms with E-state index in [1.54, 1.807) is 0 Å². The van der Waals surface area contributed by atoms with Crippen LogP contribution in [0.1, 0.15) is 18.1 Å². The van der Waals surface area contributed by atoms with E-state index in [9.17, 15) is 27.9 Å². The Balaban J connectivity index is 1.79. The van der Waals surface area contributed by atoms with Crippen molar-refractivity contribution in [1.29, 1.82) is 0 Å². The molecule has 1 aliphatic heterocycles. The summed E-state index contributed by atoms with van der Waals surface area (Å²) in [5, 5.41) is 12.7. The summed E-state index contributed by atoms with van der Waals surface area (Å²) in [5.41, 5.74) is -0.668. The lowest BCUT2D eigenvalue weighted by molar-refractivity contribution is -0.137. The number of hydrogen-bond acceptors (Lipinski definition) is 5. The van der Waals surface area contributed by atoms with Crippen LogP contribution in [-0.4, -0.2) is 32.2 Å². The maximum Gasteiger partial charge on any atom is 0.416 e. The van der Waals surface area contributed by atoms with Gasteiger partial charge in [0, 0.05) is 16.3 Å². The number of carbonyl (C=O) groups excluding carboxylic acids is 2. The Morgan fingerprint density at radius 1 is 1.29 bits per heavy atom. The summed E-state index contributed by atoms with van der Waals surface area (Å²) in [4.78, 5) is 26.6. The highest BCUT2D eigenvalue weighted by molar-refractivity contribution is 8.26. The molecule has 1 unspecified atom stereocenters. The minimum atomic E-state index is -4.55. The molecule has 162 valence electrons. The van der Waals surface area contributed by atoms with Gasteiger partial charge in [0.15, 0.2) is 0 Å². The summed E-state index contributed by atoms with van der Waals surface area (Å²) in [6.45, 7) is 1.41. The first kappa shape index (κ1) is 23.1. The first-order valence-corrected chi connectivity index (χ1v) is 10.3. The number of thioether (sulfide) groups is 1. The Labute approximate surface area is 189 Å². The Morgan fingerprint density at radius 2 is 2.00 bits per heavy atom. The van der Waals surface area contributed by atoms with E-state index < -0.39 is 29.6 Å². The standard InChI is InChI=1S/C20H14ClF3N2O3S2/c1-10(17(28)25-14-4-2-3-12(9-14)20(22,23)24)26-18(29)16(31-19(26)30)8-11-7-13(21)5-6-15(11)27/h2-10,27H,1H3,(H,25,28)/b16-8-. The smallest absolute Gasteiger partial charge is 0.416 e. The molecular formula is C20H14ClF3N2O3S2. The minimum Gasteiger partial charge on any atom is -0.507 e. The van der Waals surface area contributed by atoms with Crippen molar-refractivity contribution >= 4 is 63.5 Å². The van der Waals surface area contributed by atoms with Crippen molar-refractivity contribution in [3.63, 3.8) is 0 Å². The SMILES string of the molecule is CC(C(=O)Nc1cccc(C(F)(F)F)c1)N1C(=O)/C(=C/c2cc(Cl)ccc2O)SC1=S. The highest BCUT2D eigenvalue weighted by atomic mass is 35.5. The molecule has 5 nitrogen and oxygen atoms in total. The molecule has 2 amide bonds. The van der Waals surface area contributed by atoms with E-state index in [1.165, 1.54) is 43.3 Å². The second-order valence-corrected chi connectivity index (χ2v) is 8.61. The zero-order valence-electron chi connectivity index (χ0n) is 15.7. The number of nitrogens with zero attached hydrogens (tertiary/aromatic N) is 1. The van der Waals surface area contributed by atoms with Crippen molar-refractivity contribution in [2.45, 2.75) is 19.1 Å². The van der Waals surface area contributed by atoms with E-state index in [2.05, 4.69) is 5.32 Å². The molecule has 1 saturated heterocycles. The maximum absolute atomic E-state index is 12.9. The summed E-state index contributed by atoms with van der Waals surface area (Å²) in [5.74, 6) is -1.37. The number of amides is 2. The minimum absolute atomic E-state index is 0.0588. The molecule has 2 aromatic rings. The Bertz CT molecular complexity index is 1110. The molecule has 1 aliphatic rings. The monoisotopic (exact) mass is 486 g/mol. The van der Waals surface area contributed by atoms with Gasteiger partial charge < -0.3 is 10.4 Å². The van der Waals surface area contributed by atoms with E-state index >= 15 is 0 Å². The number of phenols is 1. The molecule has 2 aromatic carbocycles. The third kappa shape index (κ3) is 5.20. The predicted octanol–water partition coefficient (Wildman–Crippen LogP) is 5.29. The molecule has 11 heteroatoms. The van der Waals surface area contributed by atoms with Crippen molar-refractivity contribution in [2.24, 2.45) is 0 Å². The van der Waals surface area contributed by atoms with E-state index in [4.69, 9.17) is 23.8 Å². The molecular weight excluding hydrogens is 473 g/mol. The number of benzene rings is 2. The molecule has 1 fully saturated rings. The molecule has 0 spiro atoms. The number of rotatable bonds is 4. The number of alkyl halides is 3. The van der Waals surface area contributed by atoms with Crippen LogP contribution in [0.25, 0.3) is 6.08 Å². The number of halogens is 4. The van der Waals surface area contributed by atoms with Gasteiger partial charge in [-0.05, 0) is 49.4 Å². The molecule has 1 heterocycles. The van der Waals surface area contributed by atoms with Crippen LogP contribution in [0, 0.1) is 0 Å². The van der Waals surface area contributed by atoms with E-state index in [1.807, 2.05) is 0 Å². The van der Waals surface area contributed by atoms with Gasteiger partial charge in [0.05, 0.1) is 10.5 Å².